The van der Waals surface area contributed by atoms with Crippen molar-refractivity contribution in [3.8, 4) is 28.7 Å². The van der Waals surface area contributed by atoms with E-state index in [0.29, 0.717) is 40.0 Å². The van der Waals surface area contributed by atoms with Crippen LogP contribution in [0.4, 0.5) is 5.69 Å². The van der Waals surface area contributed by atoms with Crippen molar-refractivity contribution in [2.24, 2.45) is 0 Å². The summed E-state index contributed by atoms with van der Waals surface area (Å²) in [5.74, 6) is 1.18. The monoisotopic (exact) mass is 454 g/mol. The third-order valence-electron chi connectivity index (χ3n) is 5.09. The molecular formula is C24H26N2O7. The zero-order chi connectivity index (χ0) is 24.1. The van der Waals surface area contributed by atoms with Crippen molar-refractivity contribution in [3.63, 3.8) is 0 Å². The fourth-order valence-electron chi connectivity index (χ4n) is 3.54. The second kappa shape index (κ2) is 9.99. The molecule has 0 aromatic heterocycles. The minimum Gasteiger partial charge on any atom is -0.493 e. The number of ether oxygens (including phenoxy) is 5. The van der Waals surface area contributed by atoms with E-state index in [1.165, 1.54) is 41.6 Å². The predicted octanol–water partition coefficient (Wildman–Crippen LogP) is 3.11. The van der Waals surface area contributed by atoms with Crippen LogP contribution in [0.5, 0.6) is 28.7 Å². The molecule has 33 heavy (non-hydrogen) atoms. The number of amides is 2. The Morgan fingerprint density at radius 1 is 0.818 bits per heavy atom. The first-order valence-corrected chi connectivity index (χ1v) is 9.94. The summed E-state index contributed by atoms with van der Waals surface area (Å²) in [6.45, 7) is 3.71. The van der Waals surface area contributed by atoms with E-state index in [1.54, 1.807) is 30.3 Å². The summed E-state index contributed by atoms with van der Waals surface area (Å²) >= 11 is 0. The first kappa shape index (κ1) is 23.5. The number of benzene rings is 2. The van der Waals surface area contributed by atoms with Gasteiger partial charge in [0.1, 0.15) is 5.70 Å². The Hall–Kier alpha value is -4.14. The van der Waals surface area contributed by atoms with Crippen molar-refractivity contribution >= 4 is 23.1 Å². The molecule has 1 heterocycles. The molecule has 0 unspecified atom stereocenters. The molecule has 174 valence electrons. The minimum absolute atomic E-state index is 0.0644. The standard InChI is InChI=1S/C24H26N2O7/c1-7-10-26-23(27)20(14-8-9-16(29-2)17(11-14)30-3)21(24(26)28)25-15-12-18(31-4)22(33-6)19(13-15)32-5/h7-9,11-13,25H,1,10H2,2-6H3. The van der Waals surface area contributed by atoms with Crippen molar-refractivity contribution < 1.29 is 33.3 Å². The molecule has 0 radical (unpaired) electrons. The number of rotatable bonds is 10. The predicted molar refractivity (Wildman–Crippen MR) is 123 cm³/mol. The quantitative estimate of drug-likeness (QED) is 0.432. The van der Waals surface area contributed by atoms with Crippen LogP contribution in [0.15, 0.2) is 48.7 Å². The van der Waals surface area contributed by atoms with Crippen molar-refractivity contribution in [1.82, 2.24) is 4.90 Å². The summed E-state index contributed by atoms with van der Waals surface area (Å²) in [6, 6.07) is 8.30. The number of methoxy groups -OCH3 is 5. The topological polar surface area (TPSA) is 95.6 Å². The fraction of sp³-hybridized carbons (Fsp3) is 0.250. The summed E-state index contributed by atoms with van der Waals surface area (Å²) in [5, 5.41) is 3.07. The zero-order valence-corrected chi connectivity index (χ0v) is 19.2. The maximum atomic E-state index is 13.2. The van der Waals surface area contributed by atoms with Crippen molar-refractivity contribution in [2.45, 2.75) is 0 Å². The van der Waals surface area contributed by atoms with E-state index < -0.39 is 11.8 Å². The van der Waals surface area contributed by atoms with E-state index in [9.17, 15) is 9.59 Å². The lowest BCUT2D eigenvalue weighted by atomic mass is 10.0. The van der Waals surface area contributed by atoms with Crippen molar-refractivity contribution in [2.75, 3.05) is 47.4 Å². The third kappa shape index (κ3) is 4.30. The maximum absolute atomic E-state index is 13.2. The maximum Gasteiger partial charge on any atom is 0.278 e. The molecule has 2 aromatic rings. The second-order valence-electron chi connectivity index (χ2n) is 6.87. The smallest absolute Gasteiger partial charge is 0.278 e. The molecule has 0 spiro atoms. The van der Waals surface area contributed by atoms with Crippen LogP contribution in [0.1, 0.15) is 5.56 Å². The summed E-state index contributed by atoms with van der Waals surface area (Å²) in [4.78, 5) is 27.5. The normalized spacial score (nSPS) is 13.2. The lowest BCUT2D eigenvalue weighted by molar-refractivity contribution is -0.136. The summed E-state index contributed by atoms with van der Waals surface area (Å²) in [6.07, 6.45) is 1.49. The van der Waals surface area contributed by atoms with E-state index in [4.69, 9.17) is 23.7 Å². The van der Waals surface area contributed by atoms with Gasteiger partial charge in [-0.25, -0.2) is 0 Å². The molecule has 2 amide bonds. The van der Waals surface area contributed by atoms with Crippen LogP contribution in [0, 0.1) is 0 Å². The number of hydrogen-bond acceptors (Lipinski definition) is 8. The molecule has 1 aliphatic rings. The molecule has 0 atom stereocenters. The molecular weight excluding hydrogens is 428 g/mol. The first-order chi connectivity index (χ1) is 15.9. The summed E-state index contributed by atoms with van der Waals surface area (Å²) in [5.41, 5.74) is 1.26. The average molecular weight is 454 g/mol. The SMILES string of the molecule is C=CCN1C(=O)C(Nc2cc(OC)c(OC)c(OC)c2)=C(c2ccc(OC)c(OC)c2)C1=O. The Kier molecular flexibility index (Phi) is 7.12. The highest BCUT2D eigenvalue weighted by Gasteiger charge is 2.39. The highest BCUT2D eigenvalue weighted by atomic mass is 16.5. The molecule has 0 bridgehead atoms. The average Bonchev–Trinajstić information content (AvgIpc) is 3.07. The van der Waals surface area contributed by atoms with E-state index in [2.05, 4.69) is 11.9 Å². The van der Waals surface area contributed by atoms with Crippen LogP contribution in [0.25, 0.3) is 5.57 Å². The van der Waals surface area contributed by atoms with Gasteiger partial charge in [0.25, 0.3) is 11.8 Å². The highest BCUT2D eigenvalue weighted by molar-refractivity contribution is 6.36. The van der Waals surface area contributed by atoms with Gasteiger partial charge < -0.3 is 29.0 Å². The Labute approximate surface area is 192 Å². The molecule has 9 heteroatoms. The lowest BCUT2D eigenvalue weighted by Crippen LogP contribution is -2.32. The van der Waals surface area contributed by atoms with Crippen molar-refractivity contribution in [3.05, 3.63) is 54.2 Å². The fourth-order valence-corrected chi connectivity index (χ4v) is 3.54. The highest BCUT2D eigenvalue weighted by Crippen LogP contribution is 2.41. The molecule has 9 nitrogen and oxygen atoms in total. The minimum atomic E-state index is -0.488. The molecule has 1 N–H and O–H groups in total. The molecule has 2 aromatic carbocycles. The number of nitrogens with one attached hydrogen (secondary N) is 1. The van der Waals surface area contributed by atoms with Crippen LogP contribution in [0.3, 0.4) is 0 Å². The van der Waals surface area contributed by atoms with Gasteiger partial charge in [-0.1, -0.05) is 12.1 Å². The Bertz CT molecular complexity index is 1100. The van der Waals surface area contributed by atoms with Gasteiger partial charge in [0.05, 0.1) is 41.1 Å². The van der Waals surface area contributed by atoms with E-state index in [0.717, 1.165) is 4.90 Å². The van der Waals surface area contributed by atoms with Crippen molar-refractivity contribution in [1.29, 1.82) is 0 Å². The Morgan fingerprint density at radius 2 is 1.42 bits per heavy atom. The number of hydrogen-bond donors (Lipinski definition) is 1. The van der Waals surface area contributed by atoms with Crippen LogP contribution in [-0.2, 0) is 9.59 Å². The van der Waals surface area contributed by atoms with Gasteiger partial charge in [0, 0.05) is 24.4 Å². The number of nitrogens with zero attached hydrogens (tertiary/aromatic N) is 1. The number of imide groups is 1. The van der Waals surface area contributed by atoms with Crippen LogP contribution in [0.2, 0.25) is 0 Å². The van der Waals surface area contributed by atoms with E-state index >= 15 is 0 Å². The third-order valence-corrected chi connectivity index (χ3v) is 5.09. The largest absolute Gasteiger partial charge is 0.493 e. The Balaban J connectivity index is 2.16. The van der Waals surface area contributed by atoms with Crippen LogP contribution in [-0.4, -0.2) is 58.8 Å². The zero-order valence-electron chi connectivity index (χ0n) is 19.2. The van der Waals surface area contributed by atoms with Gasteiger partial charge in [-0.2, -0.15) is 0 Å². The molecule has 1 aliphatic heterocycles. The van der Waals surface area contributed by atoms with Gasteiger partial charge >= 0.3 is 0 Å². The Morgan fingerprint density at radius 3 is 1.94 bits per heavy atom. The summed E-state index contributed by atoms with van der Waals surface area (Å²) in [7, 11) is 7.50. The lowest BCUT2D eigenvalue weighted by Gasteiger charge is -2.16. The van der Waals surface area contributed by atoms with Gasteiger partial charge in [0.2, 0.25) is 5.75 Å². The van der Waals surface area contributed by atoms with E-state index in [1.807, 2.05) is 0 Å². The van der Waals surface area contributed by atoms with Crippen LogP contribution >= 0.6 is 0 Å². The van der Waals surface area contributed by atoms with Gasteiger partial charge in [0.15, 0.2) is 23.0 Å². The second-order valence-corrected chi connectivity index (χ2v) is 6.87. The molecule has 0 saturated carbocycles. The van der Waals surface area contributed by atoms with Gasteiger partial charge in [-0.15, -0.1) is 6.58 Å². The molecule has 3 rings (SSSR count). The molecule has 0 aliphatic carbocycles. The van der Waals surface area contributed by atoms with Gasteiger partial charge in [-0.3, -0.25) is 14.5 Å². The van der Waals surface area contributed by atoms with Crippen LogP contribution < -0.4 is 29.0 Å². The van der Waals surface area contributed by atoms with Gasteiger partial charge in [-0.05, 0) is 17.7 Å². The molecule has 0 fully saturated rings. The number of carbonyl (C=O) groups excluding carboxylic acids is 2. The van der Waals surface area contributed by atoms with E-state index in [-0.39, 0.29) is 17.8 Å². The molecule has 0 saturated heterocycles. The number of anilines is 1. The first-order valence-electron chi connectivity index (χ1n) is 9.94. The number of carbonyl (C=O) groups is 2. The summed E-state index contributed by atoms with van der Waals surface area (Å²) < 4.78 is 26.8.